The molecule has 1 unspecified atom stereocenters. The summed E-state index contributed by atoms with van der Waals surface area (Å²) in [6, 6.07) is 0.482. The first kappa shape index (κ1) is 14.3. The number of likely N-dealkylation sites (N-methyl/N-ethyl adjacent to an activating group) is 1. The minimum absolute atomic E-state index is 0.243. The number of nitrogens with zero attached hydrogens (tertiary/aromatic N) is 3. The SMILES string of the molecule is CC(c1cnc(N[C@H]2CCN(C)C2)nc1)C(C)(C)C. The summed E-state index contributed by atoms with van der Waals surface area (Å²) >= 11 is 0. The first-order chi connectivity index (χ1) is 8.86. The molecule has 1 aliphatic heterocycles. The Bertz CT molecular complexity index is 407. The Hall–Kier alpha value is -1.16. The van der Waals surface area contributed by atoms with Gasteiger partial charge in [-0.25, -0.2) is 9.97 Å². The van der Waals surface area contributed by atoms with Crippen molar-refractivity contribution in [1.29, 1.82) is 0 Å². The van der Waals surface area contributed by atoms with Crippen LogP contribution in [0.3, 0.4) is 0 Å². The molecule has 0 aliphatic carbocycles. The van der Waals surface area contributed by atoms with Crippen molar-refractivity contribution >= 4 is 5.95 Å². The van der Waals surface area contributed by atoms with Gasteiger partial charge < -0.3 is 10.2 Å². The highest BCUT2D eigenvalue weighted by molar-refractivity contribution is 5.28. The molecule has 2 heterocycles. The number of aromatic nitrogens is 2. The predicted molar refractivity (Wildman–Crippen MR) is 79.4 cm³/mol. The van der Waals surface area contributed by atoms with Crippen LogP contribution in [0.25, 0.3) is 0 Å². The molecular weight excluding hydrogens is 236 g/mol. The van der Waals surface area contributed by atoms with Crippen LogP contribution >= 0.6 is 0 Å². The van der Waals surface area contributed by atoms with E-state index in [1.54, 1.807) is 0 Å². The summed E-state index contributed by atoms with van der Waals surface area (Å²) < 4.78 is 0. The van der Waals surface area contributed by atoms with Crippen LogP contribution in [0, 0.1) is 5.41 Å². The average molecular weight is 262 g/mol. The normalized spacial score (nSPS) is 22.5. The molecule has 0 aromatic carbocycles. The topological polar surface area (TPSA) is 41.1 Å². The zero-order valence-corrected chi connectivity index (χ0v) is 12.8. The zero-order valence-electron chi connectivity index (χ0n) is 12.8. The monoisotopic (exact) mass is 262 g/mol. The van der Waals surface area contributed by atoms with Crippen LogP contribution in [0.15, 0.2) is 12.4 Å². The third-order valence-corrected chi connectivity index (χ3v) is 4.20. The summed E-state index contributed by atoms with van der Waals surface area (Å²) in [5, 5.41) is 3.41. The minimum atomic E-state index is 0.243. The maximum absolute atomic E-state index is 4.46. The quantitative estimate of drug-likeness (QED) is 0.909. The molecule has 0 bridgehead atoms. The Labute approximate surface area is 116 Å². The molecule has 0 saturated carbocycles. The van der Waals surface area contributed by atoms with E-state index in [2.05, 4.69) is 54.9 Å². The summed E-state index contributed by atoms with van der Waals surface area (Å²) in [7, 11) is 2.15. The lowest BCUT2D eigenvalue weighted by Gasteiger charge is -2.27. The van der Waals surface area contributed by atoms with Gasteiger partial charge in [0, 0.05) is 25.0 Å². The van der Waals surface area contributed by atoms with Crippen LogP contribution in [0.4, 0.5) is 5.95 Å². The van der Waals surface area contributed by atoms with Gasteiger partial charge in [-0.2, -0.15) is 0 Å². The van der Waals surface area contributed by atoms with Crippen LogP contribution in [0.2, 0.25) is 0 Å². The molecule has 106 valence electrons. The second-order valence-electron chi connectivity index (χ2n) is 6.82. The lowest BCUT2D eigenvalue weighted by Crippen LogP contribution is -2.24. The molecule has 1 aromatic rings. The second-order valence-corrected chi connectivity index (χ2v) is 6.82. The van der Waals surface area contributed by atoms with Crippen LogP contribution in [-0.4, -0.2) is 41.0 Å². The first-order valence-corrected chi connectivity index (χ1v) is 7.13. The van der Waals surface area contributed by atoms with Gasteiger partial charge in [0.1, 0.15) is 0 Å². The lowest BCUT2D eigenvalue weighted by molar-refractivity contribution is 0.338. The molecule has 4 nitrogen and oxygen atoms in total. The standard InChI is InChI=1S/C15H26N4/c1-11(15(2,3)4)12-8-16-14(17-9-12)18-13-6-7-19(5)10-13/h8-9,11,13H,6-7,10H2,1-5H3,(H,16,17,18)/t11?,13-/m0/s1. The molecule has 1 saturated heterocycles. The molecule has 4 heteroatoms. The summed E-state index contributed by atoms with van der Waals surface area (Å²) in [4.78, 5) is 11.2. The molecule has 19 heavy (non-hydrogen) atoms. The molecule has 0 amide bonds. The van der Waals surface area contributed by atoms with Crippen molar-refractivity contribution in [3.8, 4) is 0 Å². The fraction of sp³-hybridized carbons (Fsp3) is 0.733. The molecule has 1 aliphatic rings. The van der Waals surface area contributed by atoms with Crippen LogP contribution in [0.5, 0.6) is 0 Å². The Balaban J connectivity index is 1.98. The number of hydrogen-bond acceptors (Lipinski definition) is 4. The van der Waals surface area contributed by atoms with Gasteiger partial charge in [-0.1, -0.05) is 27.7 Å². The van der Waals surface area contributed by atoms with Crippen molar-refractivity contribution in [3.63, 3.8) is 0 Å². The Morgan fingerprint density at radius 1 is 1.32 bits per heavy atom. The van der Waals surface area contributed by atoms with Crippen molar-refractivity contribution < 1.29 is 0 Å². The van der Waals surface area contributed by atoms with E-state index >= 15 is 0 Å². The van der Waals surface area contributed by atoms with E-state index in [0.29, 0.717) is 12.0 Å². The van der Waals surface area contributed by atoms with E-state index in [1.807, 2.05) is 12.4 Å². The van der Waals surface area contributed by atoms with Gasteiger partial charge in [0.25, 0.3) is 0 Å². The first-order valence-electron chi connectivity index (χ1n) is 7.13. The Morgan fingerprint density at radius 2 is 1.95 bits per heavy atom. The van der Waals surface area contributed by atoms with Gasteiger partial charge in [0.2, 0.25) is 5.95 Å². The van der Waals surface area contributed by atoms with Gasteiger partial charge in [-0.05, 0) is 36.9 Å². The zero-order chi connectivity index (χ0) is 14.0. The molecular formula is C15H26N4. The molecule has 1 fully saturated rings. The highest BCUT2D eigenvalue weighted by atomic mass is 15.2. The number of likely N-dealkylation sites (tertiary alicyclic amines) is 1. The van der Waals surface area contributed by atoms with E-state index in [4.69, 9.17) is 0 Å². The summed E-state index contributed by atoms with van der Waals surface area (Å²) in [6.45, 7) is 11.2. The van der Waals surface area contributed by atoms with E-state index in [9.17, 15) is 0 Å². The Kier molecular flexibility index (Phi) is 4.09. The molecule has 0 radical (unpaired) electrons. The van der Waals surface area contributed by atoms with E-state index in [1.165, 1.54) is 12.0 Å². The third-order valence-electron chi connectivity index (χ3n) is 4.20. The van der Waals surface area contributed by atoms with E-state index in [-0.39, 0.29) is 5.41 Å². The van der Waals surface area contributed by atoms with Gasteiger partial charge in [0.05, 0.1) is 0 Å². The van der Waals surface area contributed by atoms with Gasteiger partial charge in [-0.3, -0.25) is 0 Å². The van der Waals surface area contributed by atoms with Crippen LogP contribution in [-0.2, 0) is 0 Å². The van der Waals surface area contributed by atoms with Crippen molar-refractivity contribution in [2.24, 2.45) is 5.41 Å². The third kappa shape index (κ3) is 3.66. The van der Waals surface area contributed by atoms with Gasteiger partial charge in [0.15, 0.2) is 0 Å². The van der Waals surface area contributed by atoms with Crippen molar-refractivity contribution in [3.05, 3.63) is 18.0 Å². The van der Waals surface area contributed by atoms with E-state index in [0.717, 1.165) is 19.0 Å². The molecule has 2 rings (SSSR count). The summed E-state index contributed by atoms with van der Waals surface area (Å²) in [5.41, 5.74) is 1.45. The van der Waals surface area contributed by atoms with Crippen molar-refractivity contribution in [2.75, 3.05) is 25.5 Å². The summed E-state index contributed by atoms with van der Waals surface area (Å²) in [6.07, 6.45) is 5.09. The highest BCUT2D eigenvalue weighted by Gasteiger charge is 2.23. The minimum Gasteiger partial charge on any atom is -0.350 e. The summed E-state index contributed by atoms with van der Waals surface area (Å²) in [5.74, 6) is 1.21. The number of anilines is 1. The maximum atomic E-state index is 4.46. The smallest absolute Gasteiger partial charge is 0.222 e. The average Bonchev–Trinajstić information content (AvgIpc) is 2.74. The molecule has 1 N–H and O–H groups in total. The molecule has 1 aromatic heterocycles. The lowest BCUT2D eigenvalue weighted by atomic mass is 9.79. The number of nitrogens with one attached hydrogen (secondary N) is 1. The van der Waals surface area contributed by atoms with Gasteiger partial charge >= 0.3 is 0 Å². The van der Waals surface area contributed by atoms with Gasteiger partial charge in [-0.15, -0.1) is 0 Å². The predicted octanol–water partition coefficient (Wildman–Crippen LogP) is 2.74. The fourth-order valence-electron chi connectivity index (χ4n) is 2.37. The number of hydrogen-bond donors (Lipinski definition) is 1. The fourth-order valence-corrected chi connectivity index (χ4v) is 2.37. The van der Waals surface area contributed by atoms with Crippen LogP contribution < -0.4 is 5.32 Å². The molecule has 2 atom stereocenters. The number of rotatable bonds is 3. The van der Waals surface area contributed by atoms with E-state index < -0.39 is 0 Å². The largest absolute Gasteiger partial charge is 0.350 e. The highest BCUT2D eigenvalue weighted by Crippen LogP contribution is 2.33. The second kappa shape index (κ2) is 5.45. The van der Waals surface area contributed by atoms with Crippen molar-refractivity contribution in [2.45, 2.75) is 46.1 Å². The maximum Gasteiger partial charge on any atom is 0.222 e. The Morgan fingerprint density at radius 3 is 2.42 bits per heavy atom. The molecule has 0 spiro atoms. The van der Waals surface area contributed by atoms with Crippen molar-refractivity contribution in [1.82, 2.24) is 14.9 Å². The van der Waals surface area contributed by atoms with Crippen LogP contribution in [0.1, 0.15) is 45.6 Å².